The Kier molecular flexibility index (Phi) is 2.34. The second-order valence-electron chi connectivity index (χ2n) is 4.26. The molecule has 2 aliphatic heterocycles. The summed E-state index contributed by atoms with van der Waals surface area (Å²) in [5, 5.41) is 0. The summed E-state index contributed by atoms with van der Waals surface area (Å²) in [6, 6.07) is 0. The van der Waals surface area contributed by atoms with Crippen LogP contribution in [-0.2, 0) is 18.9 Å². The van der Waals surface area contributed by atoms with Crippen molar-refractivity contribution in [1.82, 2.24) is 0 Å². The third-order valence-corrected chi connectivity index (χ3v) is 3.63. The molecule has 0 aliphatic carbocycles. The average Bonchev–Trinajstić information content (AvgIpc) is 2.96. The Bertz CT molecular complexity index is 226. The molecule has 4 nitrogen and oxygen atoms in total. The highest BCUT2D eigenvalue weighted by atomic mass is 16.7. The SMILES string of the molecule is COC1CC(C)(OC)C2(CO2)C(C)O1. The standard InChI is InChI=1S/C10H18O4/c1-7-10(6-13-10)9(2,12-4)5-8(11-3)14-7/h7-8H,5-6H2,1-4H3. The van der Waals surface area contributed by atoms with Crippen molar-refractivity contribution in [2.75, 3.05) is 20.8 Å². The number of methoxy groups -OCH3 is 2. The van der Waals surface area contributed by atoms with Crippen LogP contribution in [0.3, 0.4) is 0 Å². The second-order valence-corrected chi connectivity index (χ2v) is 4.26. The van der Waals surface area contributed by atoms with Gasteiger partial charge in [0.15, 0.2) is 6.29 Å². The minimum Gasteiger partial charge on any atom is -0.375 e. The number of rotatable bonds is 2. The predicted octanol–water partition coefficient (Wildman–Crippen LogP) is 0.942. The first-order chi connectivity index (χ1) is 6.58. The summed E-state index contributed by atoms with van der Waals surface area (Å²) in [6.45, 7) is 4.79. The Hall–Kier alpha value is -0.160. The summed E-state index contributed by atoms with van der Waals surface area (Å²) in [5.41, 5.74) is -0.553. The first-order valence-corrected chi connectivity index (χ1v) is 4.95. The van der Waals surface area contributed by atoms with Gasteiger partial charge >= 0.3 is 0 Å². The van der Waals surface area contributed by atoms with Gasteiger partial charge in [-0.1, -0.05) is 0 Å². The molecule has 4 unspecified atom stereocenters. The molecule has 0 amide bonds. The number of epoxide rings is 1. The maximum atomic E-state index is 5.68. The van der Waals surface area contributed by atoms with Crippen LogP contribution in [0.4, 0.5) is 0 Å². The lowest BCUT2D eigenvalue weighted by molar-refractivity contribution is -0.259. The zero-order valence-corrected chi connectivity index (χ0v) is 9.20. The van der Waals surface area contributed by atoms with E-state index in [-0.39, 0.29) is 23.6 Å². The molecule has 2 fully saturated rings. The number of hydrogen-bond donors (Lipinski definition) is 0. The monoisotopic (exact) mass is 202 g/mol. The minimum atomic E-state index is -0.300. The Morgan fingerprint density at radius 3 is 2.43 bits per heavy atom. The van der Waals surface area contributed by atoms with Crippen LogP contribution in [-0.4, -0.2) is 44.4 Å². The van der Waals surface area contributed by atoms with Gasteiger partial charge in [-0.2, -0.15) is 0 Å². The van der Waals surface area contributed by atoms with Crippen molar-refractivity contribution in [3.63, 3.8) is 0 Å². The van der Waals surface area contributed by atoms with E-state index in [4.69, 9.17) is 18.9 Å². The molecule has 2 saturated heterocycles. The highest BCUT2D eigenvalue weighted by Gasteiger charge is 2.67. The zero-order valence-electron chi connectivity index (χ0n) is 9.20. The molecule has 14 heavy (non-hydrogen) atoms. The van der Waals surface area contributed by atoms with Gasteiger partial charge in [-0.3, -0.25) is 0 Å². The van der Waals surface area contributed by atoms with E-state index in [0.717, 1.165) is 6.61 Å². The second kappa shape index (κ2) is 3.17. The molecule has 0 aromatic rings. The third kappa shape index (κ3) is 1.21. The van der Waals surface area contributed by atoms with E-state index >= 15 is 0 Å². The van der Waals surface area contributed by atoms with Crippen molar-refractivity contribution in [2.24, 2.45) is 0 Å². The molecule has 0 saturated carbocycles. The predicted molar refractivity (Wildman–Crippen MR) is 50.1 cm³/mol. The molecule has 0 N–H and O–H groups in total. The zero-order chi connectivity index (χ0) is 10.4. The highest BCUT2D eigenvalue weighted by molar-refractivity contribution is 5.14. The number of ether oxygens (including phenoxy) is 4. The lowest BCUT2D eigenvalue weighted by atomic mass is 9.80. The molecule has 2 rings (SSSR count). The van der Waals surface area contributed by atoms with Crippen molar-refractivity contribution >= 4 is 0 Å². The molecule has 2 heterocycles. The first-order valence-electron chi connectivity index (χ1n) is 4.95. The van der Waals surface area contributed by atoms with Gasteiger partial charge in [-0.05, 0) is 13.8 Å². The minimum absolute atomic E-state index is 0.0196. The van der Waals surface area contributed by atoms with E-state index in [2.05, 4.69) is 6.92 Å². The van der Waals surface area contributed by atoms with Crippen LogP contribution in [0.15, 0.2) is 0 Å². The largest absolute Gasteiger partial charge is 0.375 e. The van der Waals surface area contributed by atoms with Crippen molar-refractivity contribution in [3.8, 4) is 0 Å². The molecule has 4 heteroatoms. The summed E-state index contributed by atoms with van der Waals surface area (Å²) >= 11 is 0. The van der Waals surface area contributed by atoms with E-state index in [1.54, 1.807) is 14.2 Å². The molecule has 2 aliphatic rings. The highest BCUT2D eigenvalue weighted by Crippen LogP contribution is 2.50. The van der Waals surface area contributed by atoms with E-state index in [1.165, 1.54) is 0 Å². The van der Waals surface area contributed by atoms with Crippen LogP contribution in [0, 0.1) is 0 Å². The van der Waals surface area contributed by atoms with Gasteiger partial charge in [0.1, 0.15) is 11.2 Å². The molecular formula is C10H18O4. The van der Waals surface area contributed by atoms with Gasteiger partial charge in [-0.25, -0.2) is 0 Å². The Balaban J connectivity index is 2.19. The summed E-state index contributed by atoms with van der Waals surface area (Å²) in [6.07, 6.45) is 0.542. The van der Waals surface area contributed by atoms with Crippen LogP contribution >= 0.6 is 0 Å². The Labute approximate surface area is 84.5 Å². The van der Waals surface area contributed by atoms with Gasteiger partial charge in [0.05, 0.1) is 12.7 Å². The normalized spacial score (nSPS) is 52.3. The van der Waals surface area contributed by atoms with Crippen LogP contribution in [0.25, 0.3) is 0 Å². The van der Waals surface area contributed by atoms with E-state index in [0.29, 0.717) is 6.42 Å². The molecule has 4 atom stereocenters. The van der Waals surface area contributed by atoms with Crippen molar-refractivity contribution in [2.45, 2.75) is 43.9 Å². The van der Waals surface area contributed by atoms with E-state index in [9.17, 15) is 0 Å². The van der Waals surface area contributed by atoms with Gasteiger partial charge < -0.3 is 18.9 Å². The van der Waals surface area contributed by atoms with E-state index < -0.39 is 0 Å². The Morgan fingerprint density at radius 1 is 1.36 bits per heavy atom. The van der Waals surface area contributed by atoms with Crippen molar-refractivity contribution < 1.29 is 18.9 Å². The molecule has 0 aromatic carbocycles. The lowest BCUT2D eigenvalue weighted by Crippen LogP contribution is -2.59. The molecule has 0 aromatic heterocycles. The van der Waals surface area contributed by atoms with Gasteiger partial charge in [0.2, 0.25) is 0 Å². The summed E-state index contributed by atoms with van der Waals surface area (Å²) in [4.78, 5) is 0. The van der Waals surface area contributed by atoms with Crippen molar-refractivity contribution in [1.29, 1.82) is 0 Å². The average molecular weight is 202 g/mol. The fraction of sp³-hybridized carbons (Fsp3) is 1.00. The van der Waals surface area contributed by atoms with Gasteiger partial charge in [0.25, 0.3) is 0 Å². The molecule has 1 spiro atoms. The van der Waals surface area contributed by atoms with Crippen LogP contribution in [0.1, 0.15) is 20.3 Å². The molecular weight excluding hydrogens is 184 g/mol. The molecule has 0 radical (unpaired) electrons. The maximum absolute atomic E-state index is 5.68. The van der Waals surface area contributed by atoms with Gasteiger partial charge in [-0.15, -0.1) is 0 Å². The van der Waals surface area contributed by atoms with Crippen LogP contribution in [0.2, 0.25) is 0 Å². The lowest BCUT2D eigenvalue weighted by Gasteiger charge is -2.44. The smallest absolute Gasteiger partial charge is 0.160 e. The topological polar surface area (TPSA) is 40.2 Å². The fourth-order valence-corrected chi connectivity index (χ4v) is 2.32. The summed E-state index contributed by atoms with van der Waals surface area (Å²) < 4.78 is 22.0. The van der Waals surface area contributed by atoms with Crippen molar-refractivity contribution in [3.05, 3.63) is 0 Å². The first kappa shape index (κ1) is 10.4. The molecule has 0 bridgehead atoms. The van der Waals surface area contributed by atoms with E-state index in [1.807, 2.05) is 6.92 Å². The van der Waals surface area contributed by atoms with Crippen LogP contribution < -0.4 is 0 Å². The Morgan fingerprint density at radius 2 is 2.00 bits per heavy atom. The fourth-order valence-electron chi connectivity index (χ4n) is 2.32. The quantitative estimate of drug-likeness (QED) is 0.625. The third-order valence-electron chi connectivity index (χ3n) is 3.63. The van der Waals surface area contributed by atoms with Gasteiger partial charge in [0, 0.05) is 20.6 Å². The maximum Gasteiger partial charge on any atom is 0.160 e. The number of hydrogen-bond acceptors (Lipinski definition) is 4. The molecule has 82 valence electrons. The summed E-state index contributed by atoms with van der Waals surface area (Å²) in [7, 11) is 3.37. The summed E-state index contributed by atoms with van der Waals surface area (Å²) in [5.74, 6) is 0. The van der Waals surface area contributed by atoms with Crippen LogP contribution in [0.5, 0.6) is 0 Å².